The first-order valence-electron chi connectivity index (χ1n) is 9.63. The van der Waals surface area contributed by atoms with Gasteiger partial charge in [-0.2, -0.15) is 0 Å². The maximum absolute atomic E-state index is 12.1. The van der Waals surface area contributed by atoms with Gasteiger partial charge in [0.05, 0.1) is 0 Å². The number of urea groups is 1. The van der Waals surface area contributed by atoms with E-state index in [4.69, 9.17) is 11.6 Å². The van der Waals surface area contributed by atoms with Crippen LogP contribution < -0.4 is 15.5 Å². The number of halogens is 1. The summed E-state index contributed by atoms with van der Waals surface area (Å²) in [5.74, 6) is -0.402. The lowest BCUT2D eigenvalue weighted by Gasteiger charge is -2.35. The minimum Gasteiger partial charge on any atom is -0.368 e. The van der Waals surface area contributed by atoms with Crippen molar-refractivity contribution in [1.82, 2.24) is 15.5 Å². The highest BCUT2D eigenvalue weighted by Crippen LogP contribution is 2.29. The van der Waals surface area contributed by atoms with Crippen molar-refractivity contribution >= 4 is 35.3 Å². The molecule has 2 aliphatic heterocycles. The number of anilines is 1. The SMILES string of the molecule is CN1CCN(c2cccc(Cc3ccc(Cl)cc3)c2/C=C2\NC(=O)NC2=O)CC1. The number of likely N-dealkylation sites (N-methyl/N-ethyl adjacent to an activating group) is 1. The van der Waals surface area contributed by atoms with Crippen LogP contribution in [0.3, 0.4) is 0 Å². The van der Waals surface area contributed by atoms with Gasteiger partial charge in [-0.3, -0.25) is 10.1 Å². The van der Waals surface area contributed by atoms with E-state index in [0.29, 0.717) is 11.4 Å². The Morgan fingerprint density at radius 2 is 1.72 bits per heavy atom. The van der Waals surface area contributed by atoms with Gasteiger partial charge in [-0.25, -0.2) is 4.79 Å². The second-order valence-corrected chi connectivity index (χ2v) is 7.85. The third-order valence-electron chi connectivity index (χ3n) is 5.33. The Bertz CT molecular complexity index is 963. The fraction of sp³-hybridized carbons (Fsp3) is 0.273. The van der Waals surface area contributed by atoms with E-state index < -0.39 is 11.9 Å². The van der Waals surface area contributed by atoms with Gasteiger partial charge >= 0.3 is 6.03 Å². The van der Waals surface area contributed by atoms with Crippen molar-refractivity contribution in [3.05, 3.63) is 69.9 Å². The Balaban J connectivity index is 1.74. The molecule has 29 heavy (non-hydrogen) atoms. The van der Waals surface area contributed by atoms with Crippen molar-refractivity contribution in [2.75, 3.05) is 38.1 Å². The fourth-order valence-corrected chi connectivity index (χ4v) is 3.82. The summed E-state index contributed by atoms with van der Waals surface area (Å²) in [7, 11) is 2.12. The summed E-state index contributed by atoms with van der Waals surface area (Å²) in [4.78, 5) is 28.3. The first kappa shape index (κ1) is 19.5. The van der Waals surface area contributed by atoms with E-state index in [-0.39, 0.29) is 5.70 Å². The van der Waals surface area contributed by atoms with Crippen molar-refractivity contribution < 1.29 is 9.59 Å². The molecule has 0 atom stereocenters. The molecule has 2 aliphatic rings. The van der Waals surface area contributed by atoms with Crippen LogP contribution >= 0.6 is 11.6 Å². The highest BCUT2D eigenvalue weighted by molar-refractivity contribution is 6.30. The number of rotatable bonds is 4. The van der Waals surface area contributed by atoms with Crippen LogP contribution in [-0.2, 0) is 11.2 Å². The molecule has 0 unspecified atom stereocenters. The number of piperazine rings is 1. The predicted octanol–water partition coefficient (Wildman–Crippen LogP) is 2.86. The van der Waals surface area contributed by atoms with E-state index in [2.05, 4.69) is 39.6 Å². The van der Waals surface area contributed by atoms with E-state index in [9.17, 15) is 9.59 Å². The zero-order valence-corrected chi connectivity index (χ0v) is 17.0. The molecule has 2 aromatic rings. The normalized spacial score (nSPS) is 18.8. The third-order valence-corrected chi connectivity index (χ3v) is 5.59. The molecular formula is C22H23ClN4O2. The number of benzene rings is 2. The van der Waals surface area contributed by atoms with Crippen LogP contribution in [0.25, 0.3) is 6.08 Å². The van der Waals surface area contributed by atoms with Crippen LogP contribution in [0.4, 0.5) is 10.5 Å². The number of carbonyl (C=O) groups excluding carboxylic acids is 2. The number of hydrogen-bond acceptors (Lipinski definition) is 4. The molecule has 0 saturated carbocycles. The molecule has 7 heteroatoms. The molecule has 2 N–H and O–H groups in total. The van der Waals surface area contributed by atoms with Crippen molar-refractivity contribution in [1.29, 1.82) is 0 Å². The molecule has 2 fully saturated rings. The van der Waals surface area contributed by atoms with E-state index in [0.717, 1.165) is 48.6 Å². The smallest absolute Gasteiger partial charge is 0.326 e. The monoisotopic (exact) mass is 410 g/mol. The van der Waals surface area contributed by atoms with Gasteiger partial charge in [0.15, 0.2) is 0 Å². The van der Waals surface area contributed by atoms with Gasteiger partial charge in [0.25, 0.3) is 5.91 Å². The molecule has 0 aromatic heterocycles. The first-order valence-corrected chi connectivity index (χ1v) is 10.0. The maximum Gasteiger partial charge on any atom is 0.326 e. The Hall–Kier alpha value is -2.83. The van der Waals surface area contributed by atoms with E-state index >= 15 is 0 Å². The first-order chi connectivity index (χ1) is 14.0. The molecule has 0 spiro atoms. The summed E-state index contributed by atoms with van der Waals surface area (Å²) in [5.41, 5.74) is 4.52. The summed E-state index contributed by atoms with van der Waals surface area (Å²) in [6, 6.07) is 13.5. The molecule has 0 aliphatic carbocycles. The Kier molecular flexibility index (Phi) is 5.56. The zero-order chi connectivity index (χ0) is 20.4. The van der Waals surface area contributed by atoms with Crippen LogP contribution in [0.2, 0.25) is 5.02 Å². The molecule has 2 heterocycles. The van der Waals surface area contributed by atoms with Crippen molar-refractivity contribution in [2.45, 2.75) is 6.42 Å². The molecule has 6 nitrogen and oxygen atoms in total. The van der Waals surface area contributed by atoms with E-state index in [1.165, 1.54) is 0 Å². The third kappa shape index (κ3) is 4.44. The number of carbonyl (C=O) groups is 2. The van der Waals surface area contributed by atoms with Gasteiger partial charge in [0.2, 0.25) is 0 Å². The average molecular weight is 411 g/mol. The van der Waals surface area contributed by atoms with Crippen molar-refractivity contribution in [2.24, 2.45) is 0 Å². The largest absolute Gasteiger partial charge is 0.368 e. The molecule has 0 bridgehead atoms. The van der Waals surface area contributed by atoms with Crippen LogP contribution in [0.1, 0.15) is 16.7 Å². The second kappa shape index (κ2) is 8.27. The van der Waals surface area contributed by atoms with Gasteiger partial charge in [0.1, 0.15) is 5.70 Å². The minimum absolute atomic E-state index is 0.272. The number of nitrogens with zero attached hydrogens (tertiary/aromatic N) is 2. The summed E-state index contributed by atoms with van der Waals surface area (Å²) < 4.78 is 0. The number of nitrogens with one attached hydrogen (secondary N) is 2. The van der Waals surface area contributed by atoms with Gasteiger partial charge < -0.3 is 15.1 Å². The van der Waals surface area contributed by atoms with Crippen LogP contribution in [0.15, 0.2) is 48.2 Å². The highest BCUT2D eigenvalue weighted by atomic mass is 35.5. The van der Waals surface area contributed by atoms with Crippen LogP contribution in [0, 0.1) is 0 Å². The average Bonchev–Trinajstić information content (AvgIpc) is 3.02. The molecule has 2 saturated heterocycles. The zero-order valence-electron chi connectivity index (χ0n) is 16.2. The lowest BCUT2D eigenvalue weighted by molar-refractivity contribution is -0.115. The number of imide groups is 1. The van der Waals surface area contributed by atoms with Crippen molar-refractivity contribution in [3.63, 3.8) is 0 Å². The minimum atomic E-state index is -0.488. The Morgan fingerprint density at radius 3 is 2.38 bits per heavy atom. The van der Waals surface area contributed by atoms with Gasteiger partial charge in [0, 0.05) is 42.5 Å². The van der Waals surface area contributed by atoms with E-state index in [1.807, 2.05) is 30.3 Å². The summed E-state index contributed by atoms with van der Waals surface area (Å²) >= 11 is 6.02. The Labute approximate surface area is 175 Å². The molecule has 0 radical (unpaired) electrons. The summed E-state index contributed by atoms with van der Waals surface area (Å²) in [5, 5.41) is 5.58. The number of hydrogen-bond donors (Lipinski definition) is 2. The second-order valence-electron chi connectivity index (χ2n) is 7.41. The predicted molar refractivity (Wildman–Crippen MR) is 115 cm³/mol. The van der Waals surface area contributed by atoms with Crippen molar-refractivity contribution in [3.8, 4) is 0 Å². The van der Waals surface area contributed by atoms with Gasteiger partial charge in [-0.15, -0.1) is 0 Å². The number of amides is 3. The van der Waals surface area contributed by atoms with E-state index in [1.54, 1.807) is 6.08 Å². The molecular weight excluding hydrogens is 388 g/mol. The standard InChI is InChI=1S/C22H23ClN4O2/c1-26-9-11-27(12-10-26)20-4-2-3-16(13-15-5-7-17(23)8-6-15)18(20)14-19-21(28)25-22(29)24-19/h2-8,14H,9-13H2,1H3,(H2,24,25,28,29)/b19-14-. The maximum atomic E-state index is 12.1. The highest BCUT2D eigenvalue weighted by Gasteiger charge is 2.25. The molecule has 4 rings (SSSR count). The molecule has 150 valence electrons. The summed E-state index contributed by atoms with van der Waals surface area (Å²) in [6.45, 7) is 3.79. The molecule has 3 amide bonds. The quantitative estimate of drug-likeness (QED) is 0.601. The molecule has 2 aromatic carbocycles. The lowest BCUT2D eigenvalue weighted by Crippen LogP contribution is -2.44. The fourth-order valence-electron chi connectivity index (χ4n) is 3.69. The Morgan fingerprint density at radius 1 is 1.00 bits per heavy atom. The van der Waals surface area contributed by atoms with Gasteiger partial charge in [-0.05, 0) is 48.9 Å². The van der Waals surface area contributed by atoms with Crippen LogP contribution in [0.5, 0.6) is 0 Å². The lowest BCUT2D eigenvalue weighted by atomic mass is 9.96. The van der Waals surface area contributed by atoms with Gasteiger partial charge in [-0.1, -0.05) is 35.9 Å². The van der Waals surface area contributed by atoms with Crippen LogP contribution in [-0.4, -0.2) is 50.1 Å². The topological polar surface area (TPSA) is 64.7 Å². The summed E-state index contributed by atoms with van der Waals surface area (Å²) in [6.07, 6.45) is 2.49.